The minimum Gasteiger partial charge on any atom is -0.348 e. The largest absolute Gasteiger partial charge is 0.348 e. The SMILES string of the molecule is C=C([C@H]1NC(=O)C[C@@H](c2cccc(Cl)c2)[C@]12C(=O)Nc1cc(Cl)ccc12)C(C)(C)C. The van der Waals surface area contributed by atoms with E-state index in [0.29, 0.717) is 15.7 Å². The lowest BCUT2D eigenvalue weighted by Crippen LogP contribution is -2.63. The summed E-state index contributed by atoms with van der Waals surface area (Å²) in [4.78, 5) is 26.6. The Morgan fingerprint density at radius 2 is 1.80 bits per heavy atom. The van der Waals surface area contributed by atoms with Crippen LogP contribution >= 0.6 is 23.2 Å². The summed E-state index contributed by atoms with van der Waals surface area (Å²) in [6.45, 7) is 10.4. The Balaban J connectivity index is 2.02. The molecular weight excluding hydrogens is 419 g/mol. The first-order chi connectivity index (χ1) is 14.0. The van der Waals surface area contributed by atoms with Crippen LogP contribution in [0.4, 0.5) is 5.69 Å². The van der Waals surface area contributed by atoms with Gasteiger partial charge in [-0.15, -0.1) is 0 Å². The summed E-state index contributed by atoms with van der Waals surface area (Å²) >= 11 is 12.5. The van der Waals surface area contributed by atoms with E-state index >= 15 is 0 Å². The van der Waals surface area contributed by atoms with E-state index in [1.165, 1.54) is 0 Å². The van der Waals surface area contributed by atoms with Crippen molar-refractivity contribution < 1.29 is 9.59 Å². The third kappa shape index (κ3) is 3.14. The van der Waals surface area contributed by atoms with E-state index in [9.17, 15) is 9.59 Å². The second kappa shape index (κ2) is 7.14. The van der Waals surface area contributed by atoms with Gasteiger partial charge in [-0.2, -0.15) is 0 Å². The number of carbonyl (C=O) groups is 2. The molecule has 0 aromatic heterocycles. The van der Waals surface area contributed by atoms with Crippen LogP contribution in [-0.2, 0) is 15.0 Å². The molecular formula is C24H24Cl2N2O2. The molecule has 2 aromatic rings. The lowest BCUT2D eigenvalue weighted by atomic mass is 9.57. The minimum absolute atomic E-state index is 0.115. The van der Waals surface area contributed by atoms with E-state index in [1.54, 1.807) is 18.2 Å². The molecule has 0 saturated carbocycles. The molecule has 156 valence electrons. The van der Waals surface area contributed by atoms with Gasteiger partial charge in [-0.3, -0.25) is 9.59 Å². The van der Waals surface area contributed by atoms with Crippen molar-refractivity contribution in [1.29, 1.82) is 0 Å². The van der Waals surface area contributed by atoms with Crippen molar-refractivity contribution >= 4 is 40.7 Å². The molecule has 1 spiro atoms. The number of fused-ring (bicyclic) bond motifs is 2. The Labute approximate surface area is 186 Å². The minimum atomic E-state index is -1.05. The Morgan fingerprint density at radius 1 is 1.10 bits per heavy atom. The van der Waals surface area contributed by atoms with Crippen LogP contribution < -0.4 is 10.6 Å². The van der Waals surface area contributed by atoms with Crippen molar-refractivity contribution in [3.05, 3.63) is 75.8 Å². The molecule has 2 amide bonds. The molecule has 2 heterocycles. The predicted octanol–water partition coefficient (Wildman–Crippen LogP) is 5.46. The van der Waals surface area contributed by atoms with Crippen molar-refractivity contribution in [2.24, 2.45) is 5.41 Å². The van der Waals surface area contributed by atoms with Gasteiger partial charge < -0.3 is 10.6 Å². The van der Waals surface area contributed by atoms with E-state index in [0.717, 1.165) is 16.7 Å². The van der Waals surface area contributed by atoms with Gasteiger partial charge in [-0.25, -0.2) is 0 Å². The van der Waals surface area contributed by atoms with E-state index in [2.05, 4.69) is 17.2 Å². The average molecular weight is 443 g/mol. The number of benzene rings is 2. The van der Waals surface area contributed by atoms with E-state index in [1.807, 2.05) is 45.0 Å². The highest BCUT2D eigenvalue weighted by atomic mass is 35.5. The van der Waals surface area contributed by atoms with Gasteiger partial charge >= 0.3 is 0 Å². The van der Waals surface area contributed by atoms with E-state index in [4.69, 9.17) is 23.2 Å². The highest BCUT2D eigenvalue weighted by Gasteiger charge is 2.62. The maximum Gasteiger partial charge on any atom is 0.238 e. The Kier molecular flexibility index (Phi) is 4.99. The number of amides is 2. The topological polar surface area (TPSA) is 58.2 Å². The first-order valence-corrected chi connectivity index (χ1v) is 10.7. The zero-order valence-electron chi connectivity index (χ0n) is 17.2. The van der Waals surface area contributed by atoms with Crippen LogP contribution in [0.25, 0.3) is 0 Å². The monoisotopic (exact) mass is 442 g/mol. The van der Waals surface area contributed by atoms with E-state index in [-0.39, 0.29) is 23.7 Å². The van der Waals surface area contributed by atoms with Crippen molar-refractivity contribution in [1.82, 2.24) is 5.32 Å². The van der Waals surface area contributed by atoms with Gasteiger partial charge in [0.2, 0.25) is 11.8 Å². The maximum absolute atomic E-state index is 13.8. The predicted molar refractivity (Wildman–Crippen MR) is 121 cm³/mol. The fourth-order valence-electron chi connectivity index (χ4n) is 4.74. The molecule has 2 N–H and O–H groups in total. The number of nitrogens with one attached hydrogen (secondary N) is 2. The highest BCUT2D eigenvalue weighted by Crippen LogP contribution is 2.55. The molecule has 2 aliphatic rings. The Hall–Kier alpha value is -2.30. The lowest BCUT2D eigenvalue weighted by molar-refractivity contribution is -0.130. The number of hydrogen-bond donors (Lipinski definition) is 2. The van der Waals surface area contributed by atoms with Crippen molar-refractivity contribution in [2.75, 3.05) is 5.32 Å². The number of rotatable bonds is 2. The average Bonchev–Trinajstić information content (AvgIpc) is 2.93. The molecule has 2 aliphatic heterocycles. The normalized spacial score (nSPS) is 25.6. The fraction of sp³-hybridized carbons (Fsp3) is 0.333. The molecule has 30 heavy (non-hydrogen) atoms. The second-order valence-corrected chi connectivity index (χ2v) is 9.97. The van der Waals surface area contributed by atoms with Gasteiger partial charge in [0.15, 0.2) is 0 Å². The van der Waals surface area contributed by atoms with Gasteiger partial charge in [-0.05, 0) is 46.4 Å². The van der Waals surface area contributed by atoms with Gasteiger partial charge in [0.25, 0.3) is 0 Å². The first-order valence-electron chi connectivity index (χ1n) is 9.90. The summed E-state index contributed by atoms with van der Waals surface area (Å²) in [5, 5.41) is 7.21. The Morgan fingerprint density at radius 3 is 2.47 bits per heavy atom. The number of anilines is 1. The zero-order chi connectivity index (χ0) is 21.8. The van der Waals surface area contributed by atoms with Gasteiger partial charge in [0.1, 0.15) is 5.41 Å². The summed E-state index contributed by atoms with van der Waals surface area (Å²) in [5.74, 6) is -0.687. The van der Waals surface area contributed by atoms with Gasteiger partial charge in [-0.1, -0.05) is 68.8 Å². The molecule has 0 unspecified atom stereocenters. The van der Waals surface area contributed by atoms with Crippen molar-refractivity contribution in [3.63, 3.8) is 0 Å². The third-order valence-electron chi connectivity index (χ3n) is 6.31. The molecule has 4 rings (SSSR count). The maximum atomic E-state index is 13.8. The van der Waals surface area contributed by atoms with Crippen LogP contribution in [0.5, 0.6) is 0 Å². The van der Waals surface area contributed by atoms with Crippen LogP contribution in [0.15, 0.2) is 54.6 Å². The van der Waals surface area contributed by atoms with Crippen LogP contribution in [0, 0.1) is 5.41 Å². The number of halogens is 2. The molecule has 6 heteroatoms. The molecule has 0 radical (unpaired) electrons. The van der Waals surface area contributed by atoms with Crippen LogP contribution in [-0.4, -0.2) is 17.9 Å². The molecule has 4 nitrogen and oxygen atoms in total. The standard InChI is InChI=1S/C24H24Cl2N2O2/c1-13(23(2,3)4)21-24(17-9-8-16(26)11-19(17)27-22(24)30)18(12-20(29)28-21)14-6-5-7-15(25)10-14/h5-11,18,21H,1,12H2,2-4H3,(H,27,30)(H,28,29)/t18-,21+,24-/m0/s1. The fourth-order valence-corrected chi connectivity index (χ4v) is 5.11. The number of carbonyl (C=O) groups excluding carboxylic acids is 2. The van der Waals surface area contributed by atoms with Crippen LogP contribution in [0.3, 0.4) is 0 Å². The molecule has 1 fully saturated rings. The summed E-state index contributed by atoms with van der Waals surface area (Å²) in [5.41, 5.74) is 1.75. The lowest BCUT2D eigenvalue weighted by Gasteiger charge is -2.49. The quantitative estimate of drug-likeness (QED) is 0.606. The van der Waals surface area contributed by atoms with Crippen LogP contribution in [0.1, 0.15) is 44.2 Å². The van der Waals surface area contributed by atoms with Crippen LogP contribution in [0.2, 0.25) is 10.0 Å². The zero-order valence-corrected chi connectivity index (χ0v) is 18.7. The molecule has 0 bridgehead atoms. The first kappa shape index (κ1) is 21.0. The van der Waals surface area contributed by atoms with Gasteiger partial charge in [0.05, 0.1) is 6.04 Å². The molecule has 1 saturated heterocycles. The molecule has 0 aliphatic carbocycles. The summed E-state index contributed by atoms with van der Waals surface area (Å²) in [7, 11) is 0. The number of piperidine rings is 1. The van der Waals surface area contributed by atoms with Crippen molar-refractivity contribution in [3.8, 4) is 0 Å². The summed E-state index contributed by atoms with van der Waals surface area (Å²) < 4.78 is 0. The molecule has 2 aromatic carbocycles. The van der Waals surface area contributed by atoms with Crippen molar-refractivity contribution in [2.45, 2.75) is 44.6 Å². The summed E-state index contributed by atoms with van der Waals surface area (Å²) in [6, 6.07) is 12.2. The van der Waals surface area contributed by atoms with Gasteiger partial charge in [0, 0.05) is 28.1 Å². The van der Waals surface area contributed by atoms with E-state index < -0.39 is 17.4 Å². The molecule has 3 atom stereocenters. The summed E-state index contributed by atoms with van der Waals surface area (Å²) in [6.07, 6.45) is 0.170. The second-order valence-electron chi connectivity index (χ2n) is 9.10. The highest BCUT2D eigenvalue weighted by molar-refractivity contribution is 6.31. The smallest absolute Gasteiger partial charge is 0.238 e. The Bertz CT molecular complexity index is 1070. The number of hydrogen-bond acceptors (Lipinski definition) is 2. The third-order valence-corrected chi connectivity index (χ3v) is 6.78.